The minimum Gasteiger partial charge on any atom is -0.303 e. The van der Waals surface area contributed by atoms with Gasteiger partial charge in [0, 0.05) is 6.04 Å². The lowest BCUT2D eigenvalue weighted by Gasteiger charge is -2.40. The Morgan fingerprint density at radius 2 is 1.69 bits per heavy atom. The second-order valence-electron chi connectivity index (χ2n) is 6.00. The third kappa shape index (κ3) is 3.48. The summed E-state index contributed by atoms with van der Waals surface area (Å²) in [6.45, 7) is 8.50. The van der Waals surface area contributed by atoms with Gasteiger partial charge in [0.05, 0.1) is 0 Å². The van der Waals surface area contributed by atoms with Gasteiger partial charge in [-0.25, -0.2) is 0 Å². The Kier molecular flexibility index (Phi) is 5.82. The number of unbranched alkanes of at least 4 members (excludes halogenated alkanes) is 2. The maximum atomic E-state index is 2.62. The van der Waals surface area contributed by atoms with E-state index in [-0.39, 0.29) is 0 Å². The fourth-order valence-electron chi connectivity index (χ4n) is 3.41. The van der Waals surface area contributed by atoms with E-state index in [4.69, 9.17) is 0 Å². The van der Waals surface area contributed by atoms with Crippen LogP contribution in [-0.2, 0) is 0 Å². The van der Waals surface area contributed by atoms with Crippen molar-refractivity contribution in [2.75, 3.05) is 13.6 Å². The van der Waals surface area contributed by atoms with Gasteiger partial charge in [0.15, 0.2) is 0 Å². The zero-order valence-electron chi connectivity index (χ0n) is 11.9. The van der Waals surface area contributed by atoms with Crippen LogP contribution >= 0.6 is 0 Å². The standard InChI is InChI=1S/C15H31N/c1-5-7-11-15(3,12-8-6-2)14-10-9-13-16(14)4/h14H,5-13H2,1-4H3. The van der Waals surface area contributed by atoms with E-state index < -0.39 is 0 Å². The van der Waals surface area contributed by atoms with Crippen LogP contribution in [0.2, 0.25) is 0 Å². The normalized spacial score (nSPS) is 22.9. The number of nitrogens with zero attached hydrogens (tertiary/aromatic N) is 1. The van der Waals surface area contributed by atoms with Gasteiger partial charge in [-0.3, -0.25) is 0 Å². The average molecular weight is 225 g/mol. The first-order valence-corrected chi connectivity index (χ1v) is 7.34. The van der Waals surface area contributed by atoms with Crippen LogP contribution in [-0.4, -0.2) is 24.5 Å². The molecule has 16 heavy (non-hydrogen) atoms. The first-order chi connectivity index (χ1) is 7.64. The van der Waals surface area contributed by atoms with Crippen molar-refractivity contribution in [3.8, 4) is 0 Å². The summed E-state index contributed by atoms with van der Waals surface area (Å²) in [7, 11) is 2.33. The summed E-state index contributed by atoms with van der Waals surface area (Å²) in [5, 5.41) is 0. The fraction of sp³-hybridized carbons (Fsp3) is 1.00. The topological polar surface area (TPSA) is 3.24 Å². The first kappa shape index (κ1) is 14.0. The van der Waals surface area contributed by atoms with E-state index in [2.05, 4.69) is 32.7 Å². The molecule has 1 saturated heterocycles. The van der Waals surface area contributed by atoms with Crippen LogP contribution in [0.1, 0.15) is 72.1 Å². The highest BCUT2D eigenvalue weighted by molar-refractivity contribution is 4.91. The molecule has 1 heterocycles. The highest BCUT2D eigenvalue weighted by Crippen LogP contribution is 2.40. The number of rotatable bonds is 7. The molecule has 1 nitrogen and oxygen atoms in total. The predicted molar refractivity (Wildman–Crippen MR) is 72.8 cm³/mol. The van der Waals surface area contributed by atoms with Crippen molar-refractivity contribution in [1.82, 2.24) is 4.90 Å². The fourth-order valence-corrected chi connectivity index (χ4v) is 3.41. The SMILES string of the molecule is CCCCC(C)(CCCC)C1CCCN1C. The van der Waals surface area contributed by atoms with Crippen molar-refractivity contribution in [2.24, 2.45) is 5.41 Å². The van der Waals surface area contributed by atoms with Crippen molar-refractivity contribution >= 4 is 0 Å². The molecule has 1 rings (SSSR count). The molecule has 1 fully saturated rings. The van der Waals surface area contributed by atoms with Gasteiger partial charge in [-0.05, 0) is 44.7 Å². The van der Waals surface area contributed by atoms with Crippen molar-refractivity contribution in [1.29, 1.82) is 0 Å². The van der Waals surface area contributed by atoms with E-state index >= 15 is 0 Å². The van der Waals surface area contributed by atoms with E-state index in [0.717, 1.165) is 6.04 Å². The van der Waals surface area contributed by atoms with E-state index in [9.17, 15) is 0 Å². The highest BCUT2D eigenvalue weighted by atomic mass is 15.2. The van der Waals surface area contributed by atoms with Crippen LogP contribution in [0.25, 0.3) is 0 Å². The maximum absolute atomic E-state index is 2.62. The largest absolute Gasteiger partial charge is 0.303 e. The summed E-state index contributed by atoms with van der Waals surface area (Å²) in [6, 6.07) is 0.852. The quantitative estimate of drug-likeness (QED) is 0.618. The molecule has 0 aliphatic carbocycles. The second kappa shape index (κ2) is 6.64. The Bertz CT molecular complexity index is 180. The summed E-state index contributed by atoms with van der Waals surface area (Å²) in [5.74, 6) is 0. The zero-order chi connectivity index (χ0) is 12.0. The van der Waals surface area contributed by atoms with Gasteiger partial charge in [-0.2, -0.15) is 0 Å². The van der Waals surface area contributed by atoms with Crippen molar-refractivity contribution in [3.63, 3.8) is 0 Å². The van der Waals surface area contributed by atoms with E-state index in [1.54, 1.807) is 0 Å². The smallest absolute Gasteiger partial charge is 0.0146 e. The van der Waals surface area contributed by atoms with E-state index in [1.807, 2.05) is 0 Å². The minimum absolute atomic E-state index is 0.581. The van der Waals surface area contributed by atoms with Crippen LogP contribution in [0.4, 0.5) is 0 Å². The molecule has 0 radical (unpaired) electrons. The third-order valence-electron chi connectivity index (χ3n) is 4.53. The molecule has 1 aliphatic heterocycles. The molecular formula is C15H31N. The molecule has 96 valence electrons. The number of hydrogen-bond acceptors (Lipinski definition) is 1. The van der Waals surface area contributed by atoms with Crippen LogP contribution in [0.15, 0.2) is 0 Å². The summed E-state index contributed by atoms with van der Waals surface area (Å²) >= 11 is 0. The van der Waals surface area contributed by atoms with Crippen molar-refractivity contribution in [2.45, 2.75) is 78.2 Å². The maximum Gasteiger partial charge on any atom is 0.0146 e. The summed E-state index contributed by atoms with van der Waals surface area (Å²) < 4.78 is 0. The Morgan fingerprint density at radius 1 is 1.12 bits per heavy atom. The van der Waals surface area contributed by atoms with Gasteiger partial charge in [0.1, 0.15) is 0 Å². The molecule has 0 aromatic heterocycles. The Hall–Kier alpha value is -0.0400. The second-order valence-corrected chi connectivity index (χ2v) is 6.00. The Labute approximate surface area is 103 Å². The lowest BCUT2D eigenvalue weighted by atomic mass is 9.73. The molecular weight excluding hydrogens is 194 g/mol. The Balaban J connectivity index is 2.60. The lowest BCUT2D eigenvalue weighted by Crippen LogP contribution is -2.40. The summed E-state index contributed by atoms with van der Waals surface area (Å²) in [5.41, 5.74) is 0.581. The van der Waals surface area contributed by atoms with Crippen LogP contribution in [0.3, 0.4) is 0 Å². The molecule has 1 aliphatic rings. The average Bonchev–Trinajstić information content (AvgIpc) is 2.71. The molecule has 0 bridgehead atoms. The molecule has 0 aromatic rings. The van der Waals surface area contributed by atoms with Crippen LogP contribution < -0.4 is 0 Å². The van der Waals surface area contributed by atoms with Crippen molar-refractivity contribution in [3.05, 3.63) is 0 Å². The minimum atomic E-state index is 0.581. The van der Waals surface area contributed by atoms with Crippen LogP contribution in [0, 0.1) is 5.41 Å². The van der Waals surface area contributed by atoms with Gasteiger partial charge >= 0.3 is 0 Å². The lowest BCUT2D eigenvalue weighted by molar-refractivity contribution is 0.106. The number of hydrogen-bond donors (Lipinski definition) is 0. The molecule has 0 saturated carbocycles. The number of likely N-dealkylation sites (tertiary alicyclic amines) is 1. The van der Waals surface area contributed by atoms with Crippen molar-refractivity contribution < 1.29 is 0 Å². The van der Waals surface area contributed by atoms with Gasteiger partial charge < -0.3 is 4.90 Å². The molecule has 0 amide bonds. The van der Waals surface area contributed by atoms with Crippen LogP contribution in [0.5, 0.6) is 0 Å². The summed E-state index contributed by atoms with van der Waals surface area (Å²) in [6.07, 6.45) is 11.2. The molecule has 0 spiro atoms. The van der Waals surface area contributed by atoms with Gasteiger partial charge in [-0.15, -0.1) is 0 Å². The zero-order valence-corrected chi connectivity index (χ0v) is 11.9. The van der Waals surface area contributed by atoms with E-state index in [1.165, 1.54) is 57.9 Å². The van der Waals surface area contributed by atoms with Gasteiger partial charge in [0.2, 0.25) is 0 Å². The Morgan fingerprint density at radius 3 is 2.06 bits per heavy atom. The molecule has 0 N–H and O–H groups in total. The van der Waals surface area contributed by atoms with Gasteiger partial charge in [0.25, 0.3) is 0 Å². The third-order valence-corrected chi connectivity index (χ3v) is 4.53. The highest BCUT2D eigenvalue weighted by Gasteiger charge is 2.37. The molecule has 1 atom stereocenters. The monoisotopic (exact) mass is 225 g/mol. The van der Waals surface area contributed by atoms with Gasteiger partial charge in [-0.1, -0.05) is 46.5 Å². The predicted octanol–water partition coefficient (Wildman–Crippen LogP) is 4.47. The first-order valence-electron chi connectivity index (χ1n) is 7.34. The van der Waals surface area contributed by atoms with E-state index in [0.29, 0.717) is 5.41 Å². The molecule has 0 aromatic carbocycles. The summed E-state index contributed by atoms with van der Waals surface area (Å²) in [4.78, 5) is 2.62. The molecule has 1 heteroatoms. The molecule has 1 unspecified atom stereocenters.